The molecule has 42 heavy (non-hydrogen) atoms. The molecular weight excluding hydrogens is 548 g/mol. The number of benzene rings is 1. The summed E-state index contributed by atoms with van der Waals surface area (Å²) in [5.74, 6) is -0.611. The van der Waals surface area contributed by atoms with E-state index in [-0.39, 0.29) is 47.5 Å². The minimum absolute atomic E-state index is 0.00775. The summed E-state index contributed by atoms with van der Waals surface area (Å²) in [4.78, 5) is 36.6. The van der Waals surface area contributed by atoms with Crippen molar-refractivity contribution in [3.05, 3.63) is 76.1 Å². The minimum Gasteiger partial charge on any atom is -0.396 e. The molecule has 3 aromatic rings. The monoisotopic (exact) mass is 590 g/mol. The second-order valence-electron chi connectivity index (χ2n) is 13.5. The molecule has 8 nitrogen and oxygen atoms in total. The van der Waals surface area contributed by atoms with Gasteiger partial charge < -0.3 is 15.5 Å². The number of carbonyl (C=O) groups excluding carboxylic acids is 2. The summed E-state index contributed by atoms with van der Waals surface area (Å²) in [6.07, 6.45) is 4.91. The molecule has 0 spiro atoms. The largest absolute Gasteiger partial charge is 0.396 e. The molecule has 0 aliphatic heterocycles. The van der Waals surface area contributed by atoms with Gasteiger partial charge in [0.2, 0.25) is 5.91 Å². The molecule has 2 aliphatic rings. The van der Waals surface area contributed by atoms with Gasteiger partial charge in [-0.25, -0.2) is 4.98 Å². The van der Waals surface area contributed by atoms with Crippen molar-refractivity contribution < 1.29 is 19.8 Å². The Morgan fingerprint density at radius 2 is 1.88 bits per heavy atom. The normalized spacial score (nSPS) is 27.1. The molecule has 5 atom stereocenters. The number of fused-ring (bicyclic) bond motifs is 2. The molecule has 0 saturated heterocycles. The molecule has 4 N–H and O–H groups in total. The molecule has 2 heterocycles. The van der Waals surface area contributed by atoms with Gasteiger partial charge in [-0.05, 0) is 65.3 Å². The Morgan fingerprint density at radius 1 is 1.14 bits per heavy atom. The van der Waals surface area contributed by atoms with Gasteiger partial charge in [0.25, 0.3) is 5.91 Å². The van der Waals surface area contributed by atoms with Gasteiger partial charge in [-0.2, -0.15) is 0 Å². The van der Waals surface area contributed by atoms with E-state index in [4.69, 9.17) is 4.98 Å². The quantitative estimate of drug-likeness (QED) is 0.300. The van der Waals surface area contributed by atoms with Crippen molar-refractivity contribution in [2.75, 3.05) is 11.9 Å². The summed E-state index contributed by atoms with van der Waals surface area (Å²) >= 11 is 1.43. The lowest BCUT2D eigenvalue weighted by Gasteiger charge is -2.58. The van der Waals surface area contributed by atoms with Crippen molar-refractivity contribution in [1.29, 1.82) is 0 Å². The summed E-state index contributed by atoms with van der Waals surface area (Å²) < 4.78 is 0. The Kier molecular flexibility index (Phi) is 8.31. The fourth-order valence-corrected chi connectivity index (χ4v) is 8.01. The SMILES string of the molecule is CC(C)(C)c1ccc(C(=O)Nc2nc3c(s2)CC2C(C)(CO)C(O)CCC2(C)C3CC(=O)NCc2cccnc2)cc1. The van der Waals surface area contributed by atoms with Gasteiger partial charge in [-0.3, -0.25) is 19.9 Å². The minimum atomic E-state index is -0.711. The van der Waals surface area contributed by atoms with Crippen molar-refractivity contribution in [2.24, 2.45) is 16.7 Å². The van der Waals surface area contributed by atoms with Crippen LogP contribution in [-0.2, 0) is 23.2 Å². The topological polar surface area (TPSA) is 124 Å². The summed E-state index contributed by atoms with van der Waals surface area (Å²) in [7, 11) is 0. The van der Waals surface area contributed by atoms with Crippen LogP contribution in [0.4, 0.5) is 5.13 Å². The van der Waals surface area contributed by atoms with Gasteiger partial charge in [0.05, 0.1) is 18.4 Å². The summed E-state index contributed by atoms with van der Waals surface area (Å²) in [5, 5.41) is 28.0. The van der Waals surface area contributed by atoms with Crippen molar-refractivity contribution in [2.45, 2.75) is 84.3 Å². The maximum atomic E-state index is 13.3. The van der Waals surface area contributed by atoms with Gasteiger partial charge in [0.15, 0.2) is 5.13 Å². The highest BCUT2D eigenvalue weighted by atomic mass is 32.1. The van der Waals surface area contributed by atoms with Crippen molar-refractivity contribution >= 4 is 28.3 Å². The van der Waals surface area contributed by atoms with E-state index in [1.54, 1.807) is 12.4 Å². The highest BCUT2D eigenvalue weighted by Gasteiger charge is 2.59. The third-order valence-electron chi connectivity index (χ3n) is 9.73. The number of carbonyl (C=O) groups is 2. The number of hydrogen-bond donors (Lipinski definition) is 4. The van der Waals surface area contributed by atoms with Crippen LogP contribution in [0.5, 0.6) is 0 Å². The van der Waals surface area contributed by atoms with E-state index in [0.29, 0.717) is 36.5 Å². The zero-order chi connectivity index (χ0) is 30.3. The number of amides is 2. The highest BCUT2D eigenvalue weighted by Crippen LogP contribution is 2.62. The predicted octanol–water partition coefficient (Wildman–Crippen LogP) is 5.21. The van der Waals surface area contributed by atoms with Gasteiger partial charge >= 0.3 is 0 Å². The van der Waals surface area contributed by atoms with E-state index in [2.05, 4.69) is 43.3 Å². The fourth-order valence-electron chi connectivity index (χ4n) is 6.95. The number of nitrogens with zero attached hydrogens (tertiary/aromatic N) is 2. The molecular formula is C33H42N4O4S. The average molecular weight is 591 g/mol. The number of aliphatic hydroxyl groups excluding tert-OH is 2. The molecule has 5 rings (SSSR count). The Labute approximate surface area is 252 Å². The smallest absolute Gasteiger partial charge is 0.257 e. The first-order valence-corrected chi connectivity index (χ1v) is 15.5. The molecule has 2 amide bonds. The van der Waals surface area contributed by atoms with E-state index in [1.165, 1.54) is 11.3 Å². The second kappa shape index (κ2) is 11.5. The van der Waals surface area contributed by atoms with E-state index < -0.39 is 11.5 Å². The van der Waals surface area contributed by atoms with Gasteiger partial charge in [-0.1, -0.05) is 52.8 Å². The molecule has 224 valence electrons. The Balaban J connectivity index is 1.43. The van der Waals surface area contributed by atoms with Crippen LogP contribution in [0.15, 0.2) is 48.8 Å². The lowest BCUT2D eigenvalue weighted by Crippen LogP contribution is -2.57. The van der Waals surface area contributed by atoms with Crippen LogP contribution in [0.2, 0.25) is 0 Å². The van der Waals surface area contributed by atoms with Crippen LogP contribution in [0.1, 0.15) is 91.9 Å². The number of thiazole rings is 1. The molecule has 5 unspecified atom stereocenters. The maximum Gasteiger partial charge on any atom is 0.257 e. The highest BCUT2D eigenvalue weighted by molar-refractivity contribution is 7.15. The number of pyridine rings is 1. The summed E-state index contributed by atoms with van der Waals surface area (Å²) in [6.45, 7) is 10.8. The lowest BCUT2D eigenvalue weighted by atomic mass is 9.47. The summed E-state index contributed by atoms with van der Waals surface area (Å²) in [5.41, 5.74) is 2.38. The molecule has 2 aliphatic carbocycles. The van der Waals surface area contributed by atoms with Crippen LogP contribution >= 0.6 is 11.3 Å². The zero-order valence-corrected chi connectivity index (χ0v) is 25.9. The average Bonchev–Trinajstić information content (AvgIpc) is 3.37. The number of aliphatic hydroxyl groups is 2. The molecule has 9 heteroatoms. The summed E-state index contributed by atoms with van der Waals surface area (Å²) in [6, 6.07) is 11.4. The number of rotatable bonds is 7. The van der Waals surface area contributed by atoms with Gasteiger partial charge in [0, 0.05) is 47.1 Å². The molecule has 0 radical (unpaired) electrons. The van der Waals surface area contributed by atoms with Crippen LogP contribution in [-0.4, -0.2) is 44.7 Å². The third kappa shape index (κ3) is 5.74. The maximum absolute atomic E-state index is 13.3. The second-order valence-corrected chi connectivity index (χ2v) is 14.6. The molecule has 0 bridgehead atoms. The van der Waals surface area contributed by atoms with E-state index >= 15 is 0 Å². The Hall–Kier alpha value is -3.14. The number of nitrogens with one attached hydrogen (secondary N) is 2. The molecule has 1 fully saturated rings. The van der Waals surface area contributed by atoms with Crippen molar-refractivity contribution in [1.82, 2.24) is 15.3 Å². The third-order valence-corrected chi connectivity index (χ3v) is 10.7. The Morgan fingerprint density at radius 3 is 2.52 bits per heavy atom. The first kappa shape index (κ1) is 30.3. The van der Waals surface area contributed by atoms with Crippen LogP contribution in [0.3, 0.4) is 0 Å². The first-order chi connectivity index (χ1) is 19.8. The standard InChI is InChI=1S/C33H42N4O4S/c1-31(2,3)22-10-8-21(9-11-22)29(41)37-30-36-28-23(15-27(40)35-18-20-7-6-14-34-17-20)32(4)13-12-26(39)33(5,19-38)25(32)16-24(28)42-30/h6-11,14,17,23,25-26,38-39H,12-13,15-16,18-19H2,1-5H3,(H,35,40)(H,36,37,41). The van der Waals surface area contributed by atoms with Gasteiger partial charge in [0.1, 0.15) is 0 Å². The number of hydrogen-bond acceptors (Lipinski definition) is 7. The fraction of sp³-hybridized carbons (Fsp3) is 0.515. The van der Waals surface area contributed by atoms with E-state index in [0.717, 1.165) is 21.7 Å². The van der Waals surface area contributed by atoms with Crippen LogP contribution < -0.4 is 10.6 Å². The Bertz CT molecular complexity index is 1430. The zero-order valence-electron chi connectivity index (χ0n) is 25.1. The van der Waals surface area contributed by atoms with Crippen LogP contribution in [0, 0.1) is 16.7 Å². The van der Waals surface area contributed by atoms with Crippen LogP contribution in [0.25, 0.3) is 0 Å². The lowest BCUT2D eigenvalue weighted by molar-refractivity contribution is -0.144. The molecule has 1 aromatic carbocycles. The van der Waals surface area contributed by atoms with Crippen molar-refractivity contribution in [3.63, 3.8) is 0 Å². The van der Waals surface area contributed by atoms with E-state index in [9.17, 15) is 19.8 Å². The number of aromatic nitrogens is 2. The van der Waals surface area contributed by atoms with Crippen molar-refractivity contribution in [3.8, 4) is 0 Å². The number of anilines is 1. The molecule has 1 saturated carbocycles. The van der Waals surface area contributed by atoms with Gasteiger partial charge in [-0.15, -0.1) is 11.3 Å². The first-order valence-electron chi connectivity index (χ1n) is 14.7. The molecule has 2 aromatic heterocycles. The van der Waals surface area contributed by atoms with E-state index in [1.807, 2.05) is 43.3 Å². The predicted molar refractivity (Wildman–Crippen MR) is 164 cm³/mol.